The molecule has 0 bridgehead atoms. The third-order valence-electron chi connectivity index (χ3n) is 3.24. The number of thiophene rings is 1. The largest absolute Gasteiger partial charge is 0.397 e. The normalized spacial score (nSPS) is 21.2. The first-order chi connectivity index (χ1) is 8.24. The van der Waals surface area contributed by atoms with E-state index in [0.29, 0.717) is 10.6 Å². The molecule has 1 amide bonds. The highest BCUT2D eigenvalue weighted by Crippen LogP contribution is 2.25. The first-order valence-corrected chi connectivity index (χ1v) is 6.87. The molecule has 0 radical (unpaired) electrons. The van der Waals surface area contributed by atoms with Crippen LogP contribution in [0, 0.1) is 0 Å². The predicted octanol–water partition coefficient (Wildman–Crippen LogP) is 1.71. The third kappa shape index (κ3) is 2.61. The Hall–Kier alpha value is -1.07. The van der Waals surface area contributed by atoms with E-state index in [1.165, 1.54) is 11.3 Å². The molecule has 0 aliphatic carbocycles. The molecular weight excluding hydrogens is 236 g/mol. The summed E-state index contributed by atoms with van der Waals surface area (Å²) in [5, 5.41) is 11.2. The Balaban J connectivity index is 2.18. The molecule has 1 unspecified atom stereocenters. The first-order valence-electron chi connectivity index (χ1n) is 5.99. The molecule has 17 heavy (non-hydrogen) atoms. The second-order valence-corrected chi connectivity index (χ2v) is 5.31. The van der Waals surface area contributed by atoms with E-state index in [4.69, 9.17) is 5.73 Å². The van der Waals surface area contributed by atoms with Gasteiger partial charge in [-0.3, -0.25) is 4.79 Å². The number of aliphatic hydroxyl groups is 1. The van der Waals surface area contributed by atoms with Gasteiger partial charge in [0.15, 0.2) is 0 Å². The molecule has 1 aliphatic rings. The quantitative estimate of drug-likeness (QED) is 0.844. The number of likely N-dealkylation sites (tertiary alicyclic amines) is 1. The minimum atomic E-state index is -0.0495. The number of anilines is 1. The lowest BCUT2D eigenvalue weighted by Gasteiger charge is -2.28. The smallest absolute Gasteiger partial charge is 0.266 e. The van der Waals surface area contributed by atoms with Gasteiger partial charge in [0.25, 0.3) is 5.91 Å². The Morgan fingerprint density at radius 3 is 3.00 bits per heavy atom. The van der Waals surface area contributed by atoms with Crippen molar-refractivity contribution in [3.8, 4) is 0 Å². The number of rotatable bonds is 2. The lowest BCUT2D eigenvalue weighted by atomic mass is 10.1. The maximum Gasteiger partial charge on any atom is 0.266 e. The second kappa shape index (κ2) is 5.51. The summed E-state index contributed by atoms with van der Waals surface area (Å²) in [5.41, 5.74) is 6.32. The standard InChI is InChI=1S/C12H18N2O2S/c13-10-5-7-17-11(10)12(16)14-6-3-1-2-4-9(14)8-15/h5,7,9,15H,1-4,6,8,13H2. The van der Waals surface area contributed by atoms with E-state index in [1.54, 1.807) is 11.0 Å². The zero-order valence-electron chi connectivity index (χ0n) is 9.76. The average molecular weight is 254 g/mol. The third-order valence-corrected chi connectivity index (χ3v) is 4.16. The van der Waals surface area contributed by atoms with Crippen LogP contribution >= 0.6 is 11.3 Å². The molecule has 1 fully saturated rings. The summed E-state index contributed by atoms with van der Waals surface area (Å²) in [6, 6.07) is 1.70. The molecule has 94 valence electrons. The monoisotopic (exact) mass is 254 g/mol. The van der Waals surface area contributed by atoms with Crippen LogP contribution in [0.25, 0.3) is 0 Å². The minimum absolute atomic E-state index is 0.0292. The van der Waals surface area contributed by atoms with Crippen LogP contribution in [0.5, 0.6) is 0 Å². The number of aliphatic hydroxyl groups excluding tert-OH is 1. The molecule has 2 heterocycles. The number of carbonyl (C=O) groups is 1. The van der Waals surface area contributed by atoms with Crippen LogP contribution in [0.2, 0.25) is 0 Å². The average Bonchev–Trinajstić information content (AvgIpc) is 2.64. The number of nitrogens with two attached hydrogens (primary N) is 1. The number of carbonyl (C=O) groups excluding carboxylic acids is 1. The van der Waals surface area contributed by atoms with Gasteiger partial charge >= 0.3 is 0 Å². The van der Waals surface area contributed by atoms with Gasteiger partial charge in [-0.15, -0.1) is 11.3 Å². The Morgan fingerprint density at radius 1 is 1.53 bits per heavy atom. The van der Waals surface area contributed by atoms with Gasteiger partial charge in [-0.1, -0.05) is 12.8 Å². The van der Waals surface area contributed by atoms with Gasteiger partial charge in [-0.25, -0.2) is 0 Å². The van der Waals surface area contributed by atoms with E-state index in [9.17, 15) is 9.90 Å². The van der Waals surface area contributed by atoms with Gasteiger partial charge in [0, 0.05) is 6.54 Å². The molecule has 0 spiro atoms. The van der Waals surface area contributed by atoms with E-state index < -0.39 is 0 Å². The lowest BCUT2D eigenvalue weighted by molar-refractivity contribution is 0.0605. The van der Waals surface area contributed by atoms with Gasteiger partial charge in [0.2, 0.25) is 0 Å². The number of hydrogen-bond donors (Lipinski definition) is 2. The highest BCUT2D eigenvalue weighted by molar-refractivity contribution is 7.12. The highest BCUT2D eigenvalue weighted by Gasteiger charge is 2.27. The summed E-state index contributed by atoms with van der Waals surface area (Å²) in [5.74, 6) is -0.0292. The van der Waals surface area contributed by atoms with Crippen molar-refractivity contribution in [2.75, 3.05) is 18.9 Å². The van der Waals surface area contributed by atoms with Gasteiger partial charge in [0.05, 0.1) is 18.3 Å². The number of hydrogen-bond acceptors (Lipinski definition) is 4. The molecule has 3 N–H and O–H groups in total. The summed E-state index contributed by atoms with van der Waals surface area (Å²) in [7, 11) is 0. The molecule has 5 heteroatoms. The molecule has 2 rings (SSSR count). The SMILES string of the molecule is Nc1ccsc1C(=O)N1CCCCCC1CO. The lowest BCUT2D eigenvalue weighted by Crippen LogP contribution is -2.42. The van der Waals surface area contributed by atoms with Crippen LogP contribution < -0.4 is 5.73 Å². The first kappa shape index (κ1) is 12.4. The molecule has 1 saturated heterocycles. The van der Waals surface area contributed by atoms with Gasteiger partial charge in [-0.05, 0) is 24.3 Å². The van der Waals surface area contributed by atoms with E-state index in [1.807, 2.05) is 5.38 Å². The predicted molar refractivity (Wildman–Crippen MR) is 69.1 cm³/mol. The summed E-state index contributed by atoms with van der Waals surface area (Å²) < 4.78 is 0. The Labute approximate surface area is 105 Å². The zero-order valence-corrected chi connectivity index (χ0v) is 10.6. The van der Waals surface area contributed by atoms with Crippen LogP contribution in [-0.4, -0.2) is 35.1 Å². The van der Waals surface area contributed by atoms with Crippen LogP contribution in [0.1, 0.15) is 35.4 Å². The van der Waals surface area contributed by atoms with Crippen molar-refractivity contribution in [1.82, 2.24) is 4.90 Å². The number of nitrogens with zero attached hydrogens (tertiary/aromatic N) is 1. The van der Waals surface area contributed by atoms with E-state index in [-0.39, 0.29) is 18.6 Å². The van der Waals surface area contributed by atoms with Crippen LogP contribution in [0.3, 0.4) is 0 Å². The molecule has 0 aromatic carbocycles. The molecule has 0 saturated carbocycles. The molecule has 1 atom stereocenters. The molecule has 1 aromatic heterocycles. The van der Waals surface area contributed by atoms with E-state index >= 15 is 0 Å². The fourth-order valence-corrected chi connectivity index (χ4v) is 3.03. The Morgan fingerprint density at radius 2 is 2.35 bits per heavy atom. The van der Waals surface area contributed by atoms with Crippen LogP contribution in [-0.2, 0) is 0 Å². The second-order valence-electron chi connectivity index (χ2n) is 4.39. The van der Waals surface area contributed by atoms with Crippen molar-refractivity contribution >= 4 is 22.9 Å². The van der Waals surface area contributed by atoms with Crippen LogP contribution in [0.15, 0.2) is 11.4 Å². The van der Waals surface area contributed by atoms with Crippen LogP contribution in [0.4, 0.5) is 5.69 Å². The molecular formula is C12H18N2O2S. The van der Waals surface area contributed by atoms with E-state index in [0.717, 1.165) is 32.2 Å². The minimum Gasteiger partial charge on any atom is -0.397 e. The van der Waals surface area contributed by atoms with Crippen molar-refractivity contribution in [2.24, 2.45) is 0 Å². The van der Waals surface area contributed by atoms with E-state index in [2.05, 4.69) is 0 Å². The summed E-state index contributed by atoms with van der Waals surface area (Å²) in [6.07, 6.45) is 4.09. The summed E-state index contributed by atoms with van der Waals surface area (Å²) in [6.45, 7) is 0.762. The van der Waals surface area contributed by atoms with Crippen molar-refractivity contribution in [3.05, 3.63) is 16.3 Å². The van der Waals surface area contributed by atoms with Gasteiger partial charge < -0.3 is 15.7 Å². The van der Waals surface area contributed by atoms with Gasteiger partial charge in [0.1, 0.15) is 4.88 Å². The maximum atomic E-state index is 12.3. The Kier molecular flexibility index (Phi) is 4.02. The molecule has 1 aromatic rings. The van der Waals surface area contributed by atoms with Crippen molar-refractivity contribution in [2.45, 2.75) is 31.7 Å². The topological polar surface area (TPSA) is 66.6 Å². The Bertz CT molecular complexity index is 392. The summed E-state index contributed by atoms with van der Waals surface area (Å²) >= 11 is 1.37. The number of amides is 1. The maximum absolute atomic E-state index is 12.3. The van der Waals surface area contributed by atoms with Crippen molar-refractivity contribution in [3.63, 3.8) is 0 Å². The van der Waals surface area contributed by atoms with Crippen molar-refractivity contribution in [1.29, 1.82) is 0 Å². The summed E-state index contributed by atoms with van der Waals surface area (Å²) in [4.78, 5) is 14.7. The fraction of sp³-hybridized carbons (Fsp3) is 0.583. The fourth-order valence-electron chi connectivity index (χ4n) is 2.26. The molecule has 1 aliphatic heterocycles. The zero-order chi connectivity index (χ0) is 12.3. The number of nitrogen functional groups attached to an aromatic ring is 1. The van der Waals surface area contributed by atoms with Crippen molar-refractivity contribution < 1.29 is 9.90 Å². The highest BCUT2D eigenvalue weighted by atomic mass is 32.1. The molecule has 4 nitrogen and oxygen atoms in total. The van der Waals surface area contributed by atoms with Gasteiger partial charge in [-0.2, -0.15) is 0 Å².